The fourth-order valence-electron chi connectivity index (χ4n) is 1.97. The Morgan fingerprint density at radius 2 is 1.74 bits per heavy atom. The molecule has 19 heavy (non-hydrogen) atoms. The molecule has 2 atom stereocenters. The molecule has 2 unspecified atom stereocenters. The van der Waals surface area contributed by atoms with Crippen molar-refractivity contribution in [2.45, 2.75) is 32.9 Å². The maximum Gasteiger partial charge on any atom is 0.0900 e. The normalized spacial score (nSPS) is 14.9. The highest BCUT2D eigenvalue weighted by Gasteiger charge is 2.15. The Kier molecular flexibility index (Phi) is 7.06. The van der Waals surface area contributed by atoms with Gasteiger partial charge in [0.05, 0.1) is 12.7 Å². The minimum Gasteiger partial charge on any atom is -0.389 e. The molecular weight excluding hydrogens is 238 g/mol. The monoisotopic (exact) mass is 265 g/mol. The summed E-state index contributed by atoms with van der Waals surface area (Å²) in [5.41, 5.74) is 1.26. The van der Waals surface area contributed by atoms with E-state index in [1.54, 1.807) is 0 Å². The lowest BCUT2D eigenvalue weighted by molar-refractivity contribution is 0.00689. The van der Waals surface area contributed by atoms with Crippen LogP contribution in [0, 0.1) is 5.92 Å². The summed E-state index contributed by atoms with van der Waals surface area (Å²) in [5.74, 6) is 0.508. The Hall–Kier alpha value is -0.900. The molecule has 1 aromatic carbocycles. The van der Waals surface area contributed by atoms with Gasteiger partial charge in [0.15, 0.2) is 0 Å². The standard InChI is InChI=1S/C16H27NO2/c1-13(2)11-19-12-16(18)10-17(4)14(3)15-8-6-5-7-9-15/h5-9,13-14,16,18H,10-12H2,1-4H3. The van der Waals surface area contributed by atoms with Crippen molar-refractivity contribution >= 4 is 0 Å². The first-order chi connectivity index (χ1) is 9.00. The van der Waals surface area contributed by atoms with Gasteiger partial charge in [-0.1, -0.05) is 44.2 Å². The molecule has 108 valence electrons. The van der Waals surface area contributed by atoms with Crippen LogP contribution in [0.25, 0.3) is 0 Å². The summed E-state index contributed by atoms with van der Waals surface area (Å²) in [5, 5.41) is 9.96. The number of nitrogens with zero attached hydrogens (tertiary/aromatic N) is 1. The average molecular weight is 265 g/mol. The van der Waals surface area contributed by atoms with Gasteiger partial charge in [-0.2, -0.15) is 0 Å². The van der Waals surface area contributed by atoms with Crippen molar-refractivity contribution in [3.63, 3.8) is 0 Å². The Labute approximate surface area is 117 Å². The van der Waals surface area contributed by atoms with Crippen LogP contribution in [0.5, 0.6) is 0 Å². The number of rotatable bonds is 8. The average Bonchev–Trinajstić information content (AvgIpc) is 2.38. The molecular formula is C16H27NO2. The SMILES string of the molecule is CC(C)COCC(O)CN(C)C(C)c1ccccc1. The lowest BCUT2D eigenvalue weighted by Crippen LogP contribution is -2.34. The number of hydrogen-bond donors (Lipinski definition) is 1. The van der Waals surface area contributed by atoms with Crippen LogP contribution in [-0.4, -0.2) is 42.9 Å². The van der Waals surface area contributed by atoms with Crippen LogP contribution in [0.2, 0.25) is 0 Å². The van der Waals surface area contributed by atoms with Crippen LogP contribution < -0.4 is 0 Å². The molecule has 0 heterocycles. The molecule has 0 aliphatic carbocycles. The second-order valence-electron chi connectivity index (χ2n) is 5.61. The van der Waals surface area contributed by atoms with Crippen molar-refractivity contribution in [1.82, 2.24) is 4.90 Å². The summed E-state index contributed by atoms with van der Waals surface area (Å²) in [4.78, 5) is 2.15. The van der Waals surface area contributed by atoms with Crippen LogP contribution >= 0.6 is 0 Å². The van der Waals surface area contributed by atoms with E-state index < -0.39 is 6.10 Å². The molecule has 1 aromatic rings. The Bertz CT molecular complexity index is 340. The second kappa shape index (κ2) is 8.31. The zero-order valence-corrected chi connectivity index (χ0v) is 12.5. The van der Waals surface area contributed by atoms with E-state index in [2.05, 4.69) is 37.8 Å². The molecule has 0 saturated heterocycles. The van der Waals surface area contributed by atoms with Gasteiger partial charge in [-0.05, 0) is 25.5 Å². The van der Waals surface area contributed by atoms with Gasteiger partial charge in [-0.15, -0.1) is 0 Å². The van der Waals surface area contributed by atoms with Crippen molar-refractivity contribution in [1.29, 1.82) is 0 Å². The smallest absolute Gasteiger partial charge is 0.0900 e. The fraction of sp³-hybridized carbons (Fsp3) is 0.625. The number of aliphatic hydroxyl groups is 1. The van der Waals surface area contributed by atoms with Crippen LogP contribution in [0.15, 0.2) is 30.3 Å². The van der Waals surface area contributed by atoms with E-state index >= 15 is 0 Å². The first-order valence-corrected chi connectivity index (χ1v) is 7.01. The first kappa shape index (κ1) is 16.2. The molecule has 0 fully saturated rings. The molecule has 0 aromatic heterocycles. The highest BCUT2D eigenvalue weighted by Crippen LogP contribution is 2.18. The number of hydrogen-bond acceptors (Lipinski definition) is 3. The summed E-state index contributed by atoms with van der Waals surface area (Å²) < 4.78 is 5.47. The van der Waals surface area contributed by atoms with Crippen molar-refractivity contribution in [2.24, 2.45) is 5.92 Å². The molecule has 0 amide bonds. The zero-order chi connectivity index (χ0) is 14.3. The molecule has 0 bridgehead atoms. The summed E-state index contributed by atoms with van der Waals surface area (Å²) in [6.45, 7) is 8.09. The summed E-state index contributed by atoms with van der Waals surface area (Å²) in [6, 6.07) is 10.6. The fourth-order valence-corrected chi connectivity index (χ4v) is 1.97. The minimum atomic E-state index is -0.435. The van der Waals surface area contributed by atoms with Crippen LogP contribution in [0.3, 0.4) is 0 Å². The summed E-state index contributed by atoms with van der Waals surface area (Å²) in [7, 11) is 2.03. The van der Waals surface area contributed by atoms with Gasteiger partial charge >= 0.3 is 0 Å². The van der Waals surface area contributed by atoms with Crippen LogP contribution in [0.4, 0.5) is 0 Å². The van der Waals surface area contributed by atoms with Crippen molar-refractivity contribution < 1.29 is 9.84 Å². The van der Waals surface area contributed by atoms with Crippen molar-refractivity contribution in [3.8, 4) is 0 Å². The van der Waals surface area contributed by atoms with Gasteiger partial charge in [0.1, 0.15) is 0 Å². The van der Waals surface area contributed by atoms with Gasteiger partial charge in [0.2, 0.25) is 0 Å². The van der Waals surface area contributed by atoms with E-state index in [1.807, 2.05) is 25.2 Å². The Morgan fingerprint density at radius 1 is 1.11 bits per heavy atom. The predicted octanol–water partition coefficient (Wildman–Crippen LogP) is 2.71. The van der Waals surface area contributed by atoms with Gasteiger partial charge in [-0.3, -0.25) is 4.90 Å². The Morgan fingerprint density at radius 3 is 2.32 bits per heavy atom. The van der Waals surface area contributed by atoms with Gasteiger partial charge in [-0.25, -0.2) is 0 Å². The lowest BCUT2D eigenvalue weighted by Gasteiger charge is -2.27. The highest BCUT2D eigenvalue weighted by molar-refractivity contribution is 5.18. The molecule has 0 radical (unpaired) electrons. The number of likely N-dealkylation sites (N-methyl/N-ethyl adjacent to an activating group) is 1. The topological polar surface area (TPSA) is 32.7 Å². The minimum absolute atomic E-state index is 0.293. The third-order valence-electron chi connectivity index (χ3n) is 3.20. The molecule has 0 spiro atoms. The van der Waals surface area contributed by atoms with Crippen molar-refractivity contribution in [3.05, 3.63) is 35.9 Å². The largest absolute Gasteiger partial charge is 0.389 e. The van der Waals surface area contributed by atoms with E-state index in [1.165, 1.54) is 5.56 Å². The van der Waals surface area contributed by atoms with Crippen molar-refractivity contribution in [2.75, 3.05) is 26.8 Å². The van der Waals surface area contributed by atoms with Gasteiger partial charge in [0, 0.05) is 19.2 Å². The molecule has 0 aliphatic rings. The third kappa shape index (κ3) is 6.19. The second-order valence-corrected chi connectivity index (χ2v) is 5.61. The maximum atomic E-state index is 9.96. The highest BCUT2D eigenvalue weighted by atomic mass is 16.5. The van der Waals surface area contributed by atoms with E-state index in [-0.39, 0.29) is 0 Å². The van der Waals surface area contributed by atoms with E-state index in [0.717, 1.165) is 0 Å². The molecule has 0 saturated carbocycles. The first-order valence-electron chi connectivity index (χ1n) is 7.01. The number of benzene rings is 1. The molecule has 0 aliphatic heterocycles. The molecule has 3 heteroatoms. The number of ether oxygens (including phenoxy) is 1. The molecule has 3 nitrogen and oxygen atoms in total. The molecule has 1 N–H and O–H groups in total. The van der Waals surface area contributed by atoms with Gasteiger partial charge in [0.25, 0.3) is 0 Å². The number of aliphatic hydroxyl groups excluding tert-OH is 1. The molecule has 1 rings (SSSR count). The van der Waals surface area contributed by atoms with E-state index in [4.69, 9.17) is 4.74 Å². The summed E-state index contributed by atoms with van der Waals surface area (Å²) >= 11 is 0. The third-order valence-corrected chi connectivity index (χ3v) is 3.20. The van der Waals surface area contributed by atoms with Crippen LogP contribution in [-0.2, 0) is 4.74 Å². The van der Waals surface area contributed by atoms with E-state index in [9.17, 15) is 5.11 Å². The summed E-state index contributed by atoms with van der Waals surface area (Å²) in [6.07, 6.45) is -0.435. The van der Waals surface area contributed by atoms with E-state index in [0.29, 0.717) is 31.7 Å². The maximum absolute atomic E-state index is 9.96. The van der Waals surface area contributed by atoms with Gasteiger partial charge < -0.3 is 9.84 Å². The van der Waals surface area contributed by atoms with Crippen LogP contribution in [0.1, 0.15) is 32.4 Å². The zero-order valence-electron chi connectivity index (χ0n) is 12.5. The Balaban J connectivity index is 2.35. The quantitative estimate of drug-likeness (QED) is 0.784. The predicted molar refractivity (Wildman–Crippen MR) is 79.2 cm³/mol. The lowest BCUT2D eigenvalue weighted by atomic mass is 10.1.